The second kappa shape index (κ2) is 4.86. The van der Waals surface area contributed by atoms with E-state index in [9.17, 15) is 13.2 Å². The molecule has 1 aromatic carbocycles. The van der Waals surface area contributed by atoms with E-state index >= 15 is 0 Å². The number of H-pyrrole nitrogens is 1. The molecule has 2 heterocycles. The predicted molar refractivity (Wildman–Crippen MR) is 79.5 cm³/mol. The normalized spacial score (nSPS) is 11.9. The van der Waals surface area contributed by atoms with Crippen molar-refractivity contribution < 1.29 is 12.8 Å². The van der Waals surface area contributed by atoms with Crippen LogP contribution in [0.15, 0.2) is 31.6 Å². The smallest absolute Gasteiger partial charge is 0.408 e. The lowest BCUT2D eigenvalue weighted by molar-refractivity contribution is 0.555. The molecule has 3 aromatic rings. The molecule has 0 unspecified atom stereocenters. The SMILES string of the molecule is Cc1nc(Cl)sc1S(=O)(=O)Nc1ccc2oc(=O)[nH]c2c1. The van der Waals surface area contributed by atoms with Crippen LogP contribution in [0, 0.1) is 6.92 Å². The van der Waals surface area contributed by atoms with E-state index < -0.39 is 15.8 Å². The molecule has 0 saturated carbocycles. The molecular weight excluding hydrogens is 338 g/mol. The van der Waals surface area contributed by atoms with Crippen LogP contribution in [-0.2, 0) is 10.0 Å². The van der Waals surface area contributed by atoms with Crippen LogP contribution in [0.5, 0.6) is 0 Å². The minimum Gasteiger partial charge on any atom is -0.408 e. The molecule has 0 aliphatic heterocycles. The van der Waals surface area contributed by atoms with Gasteiger partial charge in [-0.2, -0.15) is 0 Å². The summed E-state index contributed by atoms with van der Waals surface area (Å²) in [4.78, 5) is 17.4. The number of hydrogen-bond acceptors (Lipinski definition) is 6. The quantitative estimate of drug-likeness (QED) is 0.758. The number of halogens is 1. The van der Waals surface area contributed by atoms with E-state index in [1.807, 2.05) is 0 Å². The molecule has 0 atom stereocenters. The van der Waals surface area contributed by atoms with Gasteiger partial charge in [-0.3, -0.25) is 9.71 Å². The van der Waals surface area contributed by atoms with Gasteiger partial charge in [-0.15, -0.1) is 0 Å². The Hall–Kier alpha value is -1.84. The van der Waals surface area contributed by atoms with Crippen molar-refractivity contribution in [2.45, 2.75) is 11.1 Å². The van der Waals surface area contributed by atoms with Crippen LogP contribution in [0.4, 0.5) is 5.69 Å². The molecule has 0 aliphatic carbocycles. The van der Waals surface area contributed by atoms with Crippen LogP contribution in [0.1, 0.15) is 5.69 Å². The molecule has 7 nitrogen and oxygen atoms in total. The number of fused-ring (bicyclic) bond motifs is 1. The summed E-state index contributed by atoms with van der Waals surface area (Å²) < 4.78 is 32.0. The summed E-state index contributed by atoms with van der Waals surface area (Å²) >= 11 is 6.59. The number of oxazole rings is 1. The molecule has 0 spiro atoms. The molecule has 0 radical (unpaired) electrons. The fraction of sp³-hybridized carbons (Fsp3) is 0.0909. The highest BCUT2D eigenvalue weighted by Crippen LogP contribution is 2.28. The Morgan fingerprint density at radius 3 is 2.86 bits per heavy atom. The zero-order valence-electron chi connectivity index (χ0n) is 10.5. The van der Waals surface area contributed by atoms with Gasteiger partial charge >= 0.3 is 5.76 Å². The number of nitrogens with one attached hydrogen (secondary N) is 2. The van der Waals surface area contributed by atoms with Crippen LogP contribution < -0.4 is 10.5 Å². The first kappa shape index (κ1) is 14.1. The first-order chi connectivity index (χ1) is 9.85. The van der Waals surface area contributed by atoms with E-state index in [1.54, 1.807) is 6.92 Å². The van der Waals surface area contributed by atoms with Gasteiger partial charge in [0.05, 0.1) is 16.9 Å². The van der Waals surface area contributed by atoms with Crippen molar-refractivity contribution in [1.29, 1.82) is 0 Å². The van der Waals surface area contributed by atoms with Gasteiger partial charge in [0, 0.05) is 0 Å². The summed E-state index contributed by atoms with van der Waals surface area (Å²) in [6.45, 7) is 1.56. The topological polar surface area (TPSA) is 105 Å². The Morgan fingerprint density at radius 1 is 1.43 bits per heavy atom. The van der Waals surface area contributed by atoms with Crippen molar-refractivity contribution in [2.75, 3.05) is 4.72 Å². The average molecular weight is 346 g/mol. The molecule has 0 fully saturated rings. The maximum Gasteiger partial charge on any atom is 0.417 e. The Kier molecular flexibility index (Phi) is 3.27. The number of hydrogen-bond donors (Lipinski definition) is 2. The van der Waals surface area contributed by atoms with Gasteiger partial charge in [0.1, 0.15) is 0 Å². The molecule has 0 amide bonds. The lowest BCUT2D eigenvalue weighted by Crippen LogP contribution is -2.12. The van der Waals surface area contributed by atoms with Gasteiger partial charge in [0.15, 0.2) is 14.3 Å². The number of benzene rings is 1. The molecule has 0 bridgehead atoms. The second-order valence-corrected chi connectivity index (χ2v) is 7.63. The monoisotopic (exact) mass is 345 g/mol. The van der Waals surface area contributed by atoms with E-state index in [4.69, 9.17) is 16.0 Å². The third kappa shape index (κ3) is 2.67. The number of thiazole rings is 1. The van der Waals surface area contributed by atoms with E-state index in [0.717, 1.165) is 11.3 Å². The fourth-order valence-electron chi connectivity index (χ4n) is 1.82. The van der Waals surface area contributed by atoms with Gasteiger partial charge < -0.3 is 4.42 Å². The van der Waals surface area contributed by atoms with Gasteiger partial charge in [0.2, 0.25) is 0 Å². The first-order valence-corrected chi connectivity index (χ1v) is 8.31. The molecule has 21 heavy (non-hydrogen) atoms. The molecule has 110 valence electrons. The van der Waals surface area contributed by atoms with Gasteiger partial charge in [-0.25, -0.2) is 18.2 Å². The number of aromatic nitrogens is 2. The van der Waals surface area contributed by atoms with Crippen LogP contribution >= 0.6 is 22.9 Å². The van der Waals surface area contributed by atoms with Crippen molar-refractivity contribution in [3.05, 3.63) is 38.9 Å². The van der Waals surface area contributed by atoms with Crippen molar-refractivity contribution in [1.82, 2.24) is 9.97 Å². The van der Waals surface area contributed by atoms with Crippen LogP contribution in [-0.4, -0.2) is 18.4 Å². The lowest BCUT2D eigenvalue weighted by Gasteiger charge is -2.06. The first-order valence-electron chi connectivity index (χ1n) is 5.64. The molecule has 0 aliphatic rings. The minimum absolute atomic E-state index is 0.0493. The molecular formula is C11H8ClN3O4S2. The van der Waals surface area contributed by atoms with E-state index in [0.29, 0.717) is 22.5 Å². The number of aryl methyl sites for hydroxylation is 1. The van der Waals surface area contributed by atoms with Crippen molar-refractivity contribution in [3.8, 4) is 0 Å². The standard InChI is InChI=1S/C11H8ClN3O4S2/c1-5-9(20-10(12)13-5)21(17,18)15-6-2-3-8-7(4-6)14-11(16)19-8/h2-4,15H,1H3,(H,14,16). The number of aromatic amines is 1. The predicted octanol–water partition coefficient (Wildman–Crippen LogP) is 2.34. The summed E-state index contributed by atoms with van der Waals surface area (Å²) in [6, 6.07) is 4.46. The van der Waals surface area contributed by atoms with Crippen LogP contribution in [0.2, 0.25) is 4.47 Å². The average Bonchev–Trinajstić information content (AvgIpc) is 2.90. The molecule has 10 heteroatoms. The molecule has 2 aromatic heterocycles. The molecule has 3 rings (SSSR count). The maximum absolute atomic E-state index is 12.3. The summed E-state index contributed by atoms with van der Waals surface area (Å²) in [6.07, 6.45) is 0. The minimum atomic E-state index is -3.79. The second-order valence-electron chi connectivity index (χ2n) is 4.17. The summed E-state index contributed by atoms with van der Waals surface area (Å²) in [5.74, 6) is -0.602. The zero-order valence-corrected chi connectivity index (χ0v) is 12.9. The lowest BCUT2D eigenvalue weighted by atomic mass is 10.3. The van der Waals surface area contributed by atoms with E-state index in [-0.39, 0.29) is 8.68 Å². The fourth-order valence-corrected chi connectivity index (χ4v) is 4.61. The number of sulfonamides is 1. The van der Waals surface area contributed by atoms with Crippen molar-refractivity contribution in [2.24, 2.45) is 0 Å². The molecule has 2 N–H and O–H groups in total. The van der Waals surface area contributed by atoms with Crippen molar-refractivity contribution in [3.63, 3.8) is 0 Å². The largest absolute Gasteiger partial charge is 0.417 e. The van der Waals surface area contributed by atoms with Gasteiger partial charge in [-0.1, -0.05) is 22.9 Å². The third-order valence-electron chi connectivity index (χ3n) is 2.64. The number of nitrogens with zero attached hydrogens (tertiary/aromatic N) is 1. The van der Waals surface area contributed by atoms with Gasteiger partial charge in [0.25, 0.3) is 10.0 Å². The van der Waals surface area contributed by atoms with Crippen molar-refractivity contribution >= 4 is 49.7 Å². The van der Waals surface area contributed by atoms with E-state index in [2.05, 4.69) is 14.7 Å². The highest BCUT2D eigenvalue weighted by atomic mass is 35.5. The Balaban J connectivity index is 2.00. The molecule has 0 saturated heterocycles. The van der Waals surface area contributed by atoms with Gasteiger partial charge in [-0.05, 0) is 25.1 Å². The Morgan fingerprint density at radius 2 is 2.19 bits per heavy atom. The van der Waals surface area contributed by atoms with Crippen LogP contribution in [0.3, 0.4) is 0 Å². The summed E-state index contributed by atoms with van der Waals surface area (Å²) in [5.41, 5.74) is 1.37. The summed E-state index contributed by atoms with van der Waals surface area (Å²) in [7, 11) is -3.79. The van der Waals surface area contributed by atoms with Crippen LogP contribution in [0.25, 0.3) is 11.1 Å². The zero-order chi connectivity index (χ0) is 15.2. The highest BCUT2D eigenvalue weighted by molar-refractivity contribution is 7.94. The highest BCUT2D eigenvalue weighted by Gasteiger charge is 2.21. The third-order valence-corrected chi connectivity index (χ3v) is 5.90. The number of rotatable bonds is 3. The Labute approximate surface area is 127 Å². The van der Waals surface area contributed by atoms with E-state index in [1.165, 1.54) is 18.2 Å². The Bertz CT molecular complexity index is 986. The summed E-state index contributed by atoms with van der Waals surface area (Å²) in [5, 5.41) is 0. The number of anilines is 1. The maximum atomic E-state index is 12.3.